The normalized spacial score (nSPS) is 14.0. The lowest BCUT2D eigenvalue weighted by atomic mass is 9.95. The van der Waals surface area contributed by atoms with Crippen molar-refractivity contribution in [1.29, 1.82) is 0 Å². The lowest BCUT2D eigenvalue weighted by Crippen LogP contribution is -2.36. The van der Waals surface area contributed by atoms with Crippen LogP contribution in [0.4, 0.5) is 5.69 Å². The molecule has 1 saturated carbocycles. The fraction of sp³-hybridized carbons (Fsp3) is 0.286. The summed E-state index contributed by atoms with van der Waals surface area (Å²) in [6.07, 6.45) is 5.60. The Bertz CT molecular complexity index is 1090. The zero-order valence-corrected chi connectivity index (χ0v) is 19.8. The first-order valence-electron chi connectivity index (χ1n) is 11.6. The zero-order valence-electron chi connectivity index (χ0n) is 19.0. The lowest BCUT2D eigenvalue weighted by molar-refractivity contribution is 0.0928. The van der Waals surface area contributed by atoms with Crippen LogP contribution in [0.5, 0.6) is 0 Å². The van der Waals surface area contributed by atoms with Crippen molar-refractivity contribution in [1.82, 2.24) is 5.32 Å². The van der Waals surface area contributed by atoms with Crippen molar-refractivity contribution in [3.05, 3.63) is 95.1 Å². The first-order chi connectivity index (χ1) is 16.1. The lowest BCUT2D eigenvalue weighted by Gasteiger charge is -2.23. The minimum absolute atomic E-state index is 0.124. The molecule has 0 aliphatic heterocycles. The Morgan fingerprint density at radius 2 is 1.55 bits per heavy atom. The minimum Gasteiger partial charge on any atom is -0.349 e. The third kappa shape index (κ3) is 6.48. The van der Waals surface area contributed by atoms with Crippen molar-refractivity contribution in [2.45, 2.75) is 55.7 Å². The summed E-state index contributed by atoms with van der Waals surface area (Å²) in [6.45, 7) is 2.08. The van der Waals surface area contributed by atoms with Gasteiger partial charge in [0.05, 0.1) is 11.3 Å². The molecule has 0 atom stereocenters. The summed E-state index contributed by atoms with van der Waals surface area (Å²) < 4.78 is 0. The Labute approximate surface area is 200 Å². The van der Waals surface area contributed by atoms with Crippen LogP contribution < -0.4 is 10.6 Å². The predicted molar refractivity (Wildman–Crippen MR) is 136 cm³/mol. The highest BCUT2D eigenvalue weighted by Gasteiger charge is 2.19. The number of rotatable bonds is 7. The number of aryl methyl sites for hydroxylation is 1. The number of nitrogens with one attached hydrogen (secondary N) is 2. The van der Waals surface area contributed by atoms with Crippen molar-refractivity contribution in [2.75, 3.05) is 5.32 Å². The average Bonchev–Trinajstić information content (AvgIpc) is 2.85. The second kappa shape index (κ2) is 11.2. The van der Waals surface area contributed by atoms with E-state index in [4.69, 9.17) is 0 Å². The Morgan fingerprint density at radius 1 is 0.848 bits per heavy atom. The molecule has 170 valence electrons. The Kier molecular flexibility index (Phi) is 7.84. The Balaban J connectivity index is 1.37. The Hall–Kier alpha value is -3.05. The monoisotopic (exact) mass is 458 g/mol. The van der Waals surface area contributed by atoms with E-state index in [0.717, 1.165) is 37.0 Å². The summed E-state index contributed by atoms with van der Waals surface area (Å²) in [5.74, 6) is 0.502. The van der Waals surface area contributed by atoms with Gasteiger partial charge in [0.25, 0.3) is 11.8 Å². The smallest absolute Gasteiger partial charge is 0.255 e. The van der Waals surface area contributed by atoms with Gasteiger partial charge in [0.2, 0.25) is 0 Å². The summed E-state index contributed by atoms with van der Waals surface area (Å²) in [7, 11) is 0. The van der Waals surface area contributed by atoms with Gasteiger partial charge in [-0.3, -0.25) is 9.59 Å². The summed E-state index contributed by atoms with van der Waals surface area (Å²) >= 11 is 1.77. The molecular weight excluding hydrogens is 428 g/mol. The second-order valence-corrected chi connectivity index (χ2v) is 9.66. The van der Waals surface area contributed by atoms with Gasteiger partial charge in [-0.1, -0.05) is 61.2 Å². The van der Waals surface area contributed by atoms with Gasteiger partial charge in [-0.15, -0.1) is 11.8 Å². The number of hydrogen-bond donors (Lipinski definition) is 2. The van der Waals surface area contributed by atoms with E-state index in [2.05, 4.69) is 41.8 Å². The number of para-hydroxylation sites is 1. The number of benzene rings is 3. The minimum atomic E-state index is -0.217. The van der Waals surface area contributed by atoms with Crippen LogP contribution >= 0.6 is 11.8 Å². The van der Waals surface area contributed by atoms with Crippen LogP contribution in [0, 0.1) is 6.92 Å². The average molecular weight is 459 g/mol. The van der Waals surface area contributed by atoms with Crippen molar-refractivity contribution >= 4 is 29.3 Å². The Morgan fingerprint density at radius 3 is 2.27 bits per heavy atom. The van der Waals surface area contributed by atoms with Crippen LogP contribution in [0.2, 0.25) is 0 Å². The van der Waals surface area contributed by atoms with E-state index < -0.39 is 0 Å². The molecule has 4 nitrogen and oxygen atoms in total. The standard InChI is InChI=1S/C28H30N2O2S/c1-20-11-17-24(18-12-20)33-19-21-13-15-22(16-14-21)27(31)30-26-10-6-5-9-25(26)28(32)29-23-7-3-2-4-8-23/h5-6,9-18,23H,2-4,7-8,19H2,1H3,(H,29,32)(H,30,31). The van der Waals surface area contributed by atoms with E-state index in [1.54, 1.807) is 23.9 Å². The second-order valence-electron chi connectivity index (χ2n) is 8.61. The highest BCUT2D eigenvalue weighted by molar-refractivity contribution is 7.98. The molecule has 4 rings (SSSR count). The molecule has 1 aliphatic carbocycles. The summed E-state index contributed by atoms with van der Waals surface area (Å²) in [4.78, 5) is 26.9. The quantitative estimate of drug-likeness (QED) is 0.392. The SMILES string of the molecule is Cc1ccc(SCc2ccc(C(=O)Nc3ccccc3C(=O)NC3CCCCC3)cc2)cc1. The van der Waals surface area contributed by atoms with E-state index >= 15 is 0 Å². The van der Waals surface area contributed by atoms with Gasteiger partial charge in [-0.25, -0.2) is 0 Å². The molecule has 5 heteroatoms. The molecule has 0 unspecified atom stereocenters. The van der Waals surface area contributed by atoms with Gasteiger partial charge >= 0.3 is 0 Å². The maximum absolute atomic E-state index is 12.9. The summed E-state index contributed by atoms with van der Waals surface area (Å²) in [5.41, 5.74) is 4.02. The number of carbonyl (C=O) groups is 2. The molecule has 3 aromatic carbocycles. The number of amides is 2. The molecule has 0 saturated heterocycles. The molecule has 0 spiro atoms. The van der Waals surface area contributed by atoms with Crippen LogP contribution in [0.15, 0.2) is 77.7 Å². The van der Waals surface area contributed by atoms with E-state index in [9.17, 15) is 9.59 Å². The molecule has 2 N–H and O–H groups in total. The molecule has 0 radical (unpaired) electrons. The molecular formula is C28H30N2O2S. The molecule has 1 fully saturated rings. The van der Waals surface area contributed by atoms with Crippen LogP contribution in [0.25, 0.3) is 0 Å². The van der Waals surface area contributed by atoms with Gasteiger partial charge in [0, 0.05) is 22.3 Å². The number of carbonyl (C=O) groups excluding carboxylic acids is 2. The molecule has 3 aromatic rings. The van der Waals surface area contributed by atoms with E-state index in [0.29, 0.717) is 16.8 Å². The highest BCUT2D eigenvalue weighted by Crippen LogP contribution is 2.24. The van der Waals surface area contributed by atoms with Gasteiger partial charge in [-0.05, 0) is 61.7 Å². The molecule has 2 amide bonds. The van der Waals surface area contributed by atoms with E-state index in [1.807, 2.05) is 36.4 Å². The molecule has 0 bridgehead atoms. The van der Waals surface area contributed by atoms with E-state index in [-0.39, 0.29) is 17.9 Å². The van der Waals surface area contributed by atoms with Crippen LogP contribution in [0.3, 0.4) is 0 Å². The van der Waals surface area contributed by atoms with Gasteiger partial charge in [-0.2, -0.15) is 0 Å². The summed E-state index contributed by atoms with van der Waals surface area (Å²) in [6, 6.07) is 23.6. The fourth-order valence-electron chi connectivity index (χ4n) is 4.05. The van der Waals surface area contributed by atoms with Crippen LogP contribution in [0.1, 0.15) is 63.9 Å². The highest BCUT2D eigenvalue weighted by atomic mass is 32.2. The largest absolute Gasteiger partial charge is 0.349 e. The fourth-order valence-corrected chi connectivity index (χ4v) is 4.90. The maximum Gasteiger partial charge on any atom is 0.255 e. The van der Waals surface area contributed by atoms with Gasteiger partial charge in [0.15, 0.2) is 0 Å². The van der Waals surface area contributed by atoms with Crippen molar-refractivity contribution in [2.24, 2.45) is 0 Å². The number of anilines is 1. The molecule has 0 heterocycles. The predicted octanol–water partition coefficient (Wildman–Crippen LogP) is 6.60. The van der Waals surface area contributed by atoms with Gasteiger partial charge in [0.1, 0.15) is 0 Å². The van der Waals surface area contributed by atoms with Crippen LogP contribution in [-0.2, 0) is 5.75 Å². The molecule has 0 aromatic heterocycles. The first-order valence-corrected chi connectivity index (χ1v) is 12.6. The van der Waals surface area contributed by atoms with Crippen molar-refractivity contribution in [3.8, 4) is 0 Å². The van der Waals surface area contributed by atoms with Crippen molar-refractivity contribution < 1.29 is 9.59 Å². The number of thioether (sulfide) groups is 1. The summed E-state index contributed by atoms with van der Waals surface area (Å²) in [5, 5.41) is 6.06. The van der Waals surface area contributed by atoms with Gasteiger partial charge < -0.3 is 10.6 Å². The number of hydrogen-bond acceptors (Lipinski definition) is 3. The van der Waals surface area contributed by atoms with E-state index in [1.165, 1.54) is 16.9 Å². The molecule has 1 aliphatic rings. The topological polar surface area (TPSA) is 58.2 Å². The molecule has 33 heavy (non-hydrogen) atoms. The third-order valence-electron chi connectivity index (χ3n) is 6.00. The first kappa shape index (κ1) is 23.1. The zero-order chi connectivity index (χ0) is 23.0. The van der Waals surface area contributed by atoms with Crippen molar-refractivity contribution in [3.63, 3.8) is 0 Å². The maximum atomic E-state index is 12.9. The third-order valence-corrected chi connectivity index (χ3v) is 7.09. The van der Waals surface area contributed by atoms with Crippen LogP contribution in [-0.4, -0.2) is 17.9 Å².